The predicted octanol–water partition coefficient (Wildman–Crippen LogP) is 4.70. The van der Waals surface area contributed by atoms with Crippen molar-refractivity contribution in [2.75, 3.05) is 0 Å². The molecule has 0 amide bonds. The molecule has 2 nitrogen and oxygen atoms in total. The maximum Gasteiger partial charge on any atom is 0.135 e. The Bertz CT molecular complexity index is 445. The Labute approximate surface area is 123 Å². The smallest absolute Gasteiger partial charge is 0.135 e. The molecule has 1 aliphatic rings. The molecule has 1 saturated carbocycles. The lowest BCUT2D eigenvalue weighted by molar-refractivity contribution is 0.299. The van der Waals surface area contributed by atoms with Crippen molar-refractivity contribution in [2.24, 2.45) is 5.92 Å². The number of aromatic nitrogens is 2. The monoisotopic (exact) mass is 270 g/mol. The van der Waals surface area contributed by atoms with Gasteiger partial charge in [0, 0.05) is 5.92 Å². The third-order valence-electron chi connectivity index (χ3n) is 4.42. The van der Waals surface area contributed by atoms with E-state index in [1.807, 2.05) is 13.0 Å². The normalized spacial score (nSPS) is 22.1. The number of rotatable bonds is 5. The molecule has 0 aliphatic heterocycles. The molecule has 1 heterocycles. The van der Waals surface area contributed by atoms with Crippen molar-refractivity contribution in [3.63, 3.8) is 0 Å². The fraction of sp³-hybridized carbons (Fsp3) is 0.667. The summed E-state index contributed by atoms with van der Waals surface area (Å²) < 4.78 is 0. The number of unbranched alkanes of at least 4 members (excludes halogenated alkanes) is 2. The van der Waals surface area contributed by atoms with Crippen molar-refractivity contribution in [3.8, 4) is 11.8 Å². The van der Waals surface area contributed by atoms with Crippen molar-refractivity contribution in [1.82, 2.24) is 10.2 Å². The van der Waals surface area contributed by atoms with Crippen LogP contribution in [0.1, 0.15) is 82.5 Å². The van der Waals surface area contributed by atoms with Gasteiger partial charge in [0.25, 0.3) is 0 Å². The second kappa shape index (κ2) is 8.04. The first-order valence-corrected chi connectivity index (χ1v) is 8.09. The molecule has 0 saturated heterocycles. The lowest BCUT2D eigenvalue weighted by Gasteiger charge is -2.27. The van der Waals surface area contributed by atoms with Gasteiger partial charge in [0.05, 0.1) is 5.69 Å². The van der Waals surface area contributed by atoms with E-state index in [1.54, 1.807) is 0 Å². The summed E-state index contributed by atoms with van der Waals surface area (Å²) >= 11 is 0. The Hall–Kier alpha value is -1.36. The predicted molar refractivity (Wildman–Crippen MR) is 83.4 cm³/mol. The Morgan fingerprint density at radius 2 is 1.90 bits per heavy atom. The minimum absolute atomic E-state index is 0.619. The first-order chi connectivity index (χ1) is 9.83. The van der Waals surface area contributed by atoms with E-state index >= 15 is 0 Å². The molecule has 108 valence electrons. The molecular formula is C18H26N2. The van der Waals surface area contributed by atoms with Gasteiger partial charge < -0.3 is 0 Å². The van der Waals surface area contributed by atoms with Crippen LogP contribution in [0.25, 0.3) is 0 Å². The summed E-state index contributed by atoms with van der Waals surface area (Å²) in [6.45, 7) is 4.11. The van der Waals surface area contributed by atoms with Gasteiger partial charge >= 0.3 is 0 Å². The topological polar surface area (TPSA) is 25.8 Å². The van der Waals surface area contributed by atoms with E-state index in [-0.39, 0.29) is 0 Å². The van der Waals surface area contributed by atoms with E-state index < -0.39 is 0 Å². The second-order valence-electron chi connectivity index (χ2n) is 5.93. The minimum atomic E-state index is 0.619. The molecule has 2 rings (SSSR count). The van der Waals surface area contributed by atoms with Crippen LogP contribution in [-0.2, 0) is 0 Å². The highest BCUT2D eigenvalue weighted by Crippen LogP contribution is 2.36. The summed E-state index contributed by atoms with van der Waals surface area (Å²) in [6.07, 6.45) is 10.9. The summed E-state index contributed by atoms with van der Waals surface area (Å²) in [4.78, 5) is 0. The molecule has 0 N–H and O–H groups in total. The zero-order chi connectivity index (χ0) is 14.2. The highest BCUT2D eigenvalue weighted by atomic mass is 15.1. The first-order valence-electron chi connectivity index (χ1n) is 8.09. The molecule has 1 aromatic rings. The highest BCUT2D eigenvalue weighted by Gasteiger charge is 2.23. The molecule has 1 fully saturated rings. The molecule has 0 atom stereocenters. The summed E-state index contributed by atoms with van der Waals surface area (Å²) in [5.74, 6) is 7.38. The second-order valence-corrected chi connectivity index (χ2v) is 5.93. The number of hydrogen-bond donors (Lipinski definition) is 0. The van der Waals surface area contributed by atoms with E-state index in [9.17, 15) is 0 Å². The standard InChI is InChI=1S/C18H26N2/c1-3-5-6-8-15-9-11-16(12-10-15)18-14-13-17(7-4-2)19-20-18/h13-16H,3,5-6,8-12H2,1-2H3. The van der Waals surface area contributed by atoms with Gasteiger partial charge in [0.15, 0.2) is 0 Å². The molecule has 0 radical (unpaired) electrons. The van der Waals surface area contributed by atoms with Gasteiger partial charge in [0.2, 0.25) is 0 Å². The van der Waals surface area contributed by atoms with Crippen LogP contribution < -0.4 is 0 Å². The van der Waals surface area contributed by atoms with Gasteiger partial charge in [-0.15, -0.1) is 5.10 Å². The third kappa shape index (κ3) is 4.34. The fourth-order valence-electron chi connectivity index (χ4n) is 3.18. The van der Waals surface area contributed by atoms with Gasteiger partial charge in [-0.05, 0) is 56.6 Å². The van der Waals surface area contributed by atoms with Gasteiger partial charge in [0.1, 0.15) is 5.69 Å². The lowest BCUT2D eigenvalue weighted by atomic mass is 9.78. The molecule has 0 unspecified atom stereocenters. The van der Waals surface area contributed by atoms with Gasteiger partial charge in [-0.3, -0.25) is 0 Å². The van der Waals surface area contributed by atoms with Crippen LogP contribution in [0, 0.1) is 17.8 Å². The zero-order valence-corrected chi connectivity index (χ0v) is 12.9. The van der Waals surface area contributed by atoms with Crippen LogP contribution in [0.3, 0.4) is 0 Å². The fourth-order valence-corrected chi connectivity index (χ4v) is 3.18. The van der Waals surface area contributed by atoms with E-state index in [4.69, 9.17) is 0 Å². The van der Waals surface area contributed by atoms with Crippen molar-refractivity contribution >= 4 is 0 Å². The Balaban J connectivity index is 1.82. The van der Waals surface area contributed by atoms with Crippen molar-refractivity contribution < 1.29 is 0 Å². The highest BCUT2D eigenvalue weighted by molar-refractivity contribution is 5.26. The maximum atomic E-state index is 4.37. The summed E-state index contributed by atoms with van der Waals surface area (Å²) in [5, 5.41) is 8.57. The molecule has 0 spiro atoms. The van der Waals surface area contributed by atoms with Crippen LogP contribution in [0.15, 0.2) is 12.1 Å². The van der Waals surface area contributed by atoms with Crippen LogP contribution in [-0.4, -0.2) is 10.2 Å². The Morgan fingerprint density at radius 3 is 2.50 bits per heavy atom. The molecular weight excluding hydrogens is 244 g/mol. The molecule has 0 aromatic carbocycles. The Kier molecular flexibility index (Phi) is 6.05. The van der Waals surface area contributed by atoms with Crippen molar-refractivity contribution in [2.45, 2.75) is 71.1 Å². The SMILES string of the molecule is CC#Cc1ccc(C2CCC(CCCCC)CC2)nn1. The van der Waals surface area contributed by atoms with Crippen molar-refractivity contribution in [1.29, 1.82) is 0 Å². The van der Waals surface area contributed by atoms with E-state index in [2.05, 4.69) is 35.0 Å². The van der Waals surface area contributed by atoms with Crippen LogP contribution in [0.4, 0.5) is 0 Å². The van der Waals surface area contributed by atoms with E-state index in [0.717, 1.165) is 11.6 Å². The van der Waals surface area contributed by atoms with Crippen LogP contribution in [0.5, 0.6) is 0 Å². The van der Waals surface area contributed by atoms with Gasteiger partial charge in [-0.25, -0.2) is 0 Å². The average Bonchev–Trinajstić information content (AvgIpc) is 2.49. The summed E-state index contributed by atoms with van der Waals surface area (Å²) in [7, 11) is 0. The molecule has 1 aliphatic carbocycles. The van der Waals surface area contributed by atoms with E-state index in [0.29, 0.717) is 5.92 Å². The Morgan fingerprint density at radius 1 is 1.10 bits per heavy atom. The number of nitrogens with zero attached hydrogens (tertiary/aromatic N) is 2. The van der Waals surface area contributed by atoms with Gasteiger partial charge in [-0.2, -0.15) is 5.10 Å². The molecule has 2 heteroatoms. The van der Waals surface area contributed by atoms with Crippen LogP contribution in [0.2, 0.25) is 0 Å². The third-order valence-corrected chi connectivity index (χ3v) is 4.42. The zero-order valence-electron chi connectivity index (χ0n) is 12.9. The summed E-state index contributed by atoms with van der Waals surface area (Å²) in [6, 6.07) is 4.13. The minimum Gasteiger partial charge on any atom is -0.154 e. The average molecular weight is 270 g/mol. The summed E-state index contributed by atoms with van der Waals surface area (Å²) in [5.41, 5.74) is 1.95. The maximum absolute atomic E-state index is 4.37. The van der Waals surface area contributed by atoms with Crippen LogP contribution >= 0.6 is 0 Å². The lowest BCUT2D eigenvalue weighted by Crippen LogP contribution is -2.14. The quantitative estimate of drug-likeness (QED) is 0.572. The molecule has 1 aromatic heterocycles. The first kappa shape index (κ1) is 15.0. The largest absolute Gasteiger partial charge is 0.154 e. The molecule has 20 heavy (non-hydrogen) atoms. The number of hydrogen-bond acceptors (Lipinski definition) is 2. The molecule has 0 bridgehead atoms. The van der Waals surface area contributed by atoms with Crippen molar-refractivity contribution in [3.05, 3.63) is 23.5 Å². The van der Waals surface area contributed by atoms with E-state index in [1.165, 1.54) is 57.1 Å². The van der Waals surface area contributed by atoms with Gasteiger partial charge in [-0.1, -0.05) is 38.5 Å².